The number of hydrogen-bond acceptors (Lipinski definition) is 1. The van der Waals surface area contributed by atoms with E-state index in [0.717, 1.165) is 6.04 Å². The molecule has 0 N–H and O–H groups in total. The van der Waals surface area contributed by atoms with E-state index in [1.54, 1.807) is 0 Å². The minimum Gasteiger partial charge on any atom is -0.301 e. The monoisotopic (exact) mass is 157 g/mol. The van der Waals surface area contributed by atoms with Crippen LogP contribution in [0.2, 0.25) is 0 Å². The summed E-state index contributed by atoms with van der Waals surface area (Å²) in [6.07, 6.45) is 1.27. The van der Waals surface area contributed by atoms with Gasteiger partial charge in [-0.3, -0.25) is 0 Å². The summed E-state index contributed by atoms with van der Waals surface area (Å²) in [6.45, 7) is 17.4. The van der Waals surface area contributed by atoms with Crippen LogP contribution in [0.5, 0.6) is 0 Å². The Hall–Kier alpha value is -0.300. The van der Waals surface area contributed by atoms with Crippen LogP contribution >= 0.6 is 0 Å². The van der Waals surface area contributed by atoms with E-state index in [2.05, 4.69) is 45.8 Å². The predicted molar refractivity (Wildman–Crippen MR) is 53.9 cm³/mol. The zero-order valence-corrected chi connectivity index (χ0v) is 8.56. The molecule has 0 aliphatic rings. The lowest BCUT2D eigenvalue weighted by atomic mass is 10.3. The van der Waals surface area contributed by atoms with Crippen LogP contribution in [0.15, 0.2) is 13.2 Å². The SMILES string of the molecule is C=C.CCCN(CC)C(C)C. The van der Waals surface area contributed by atoms with Crippen LogP contribution in [0.3, 0.4) is 0 Å². The molecule has 0 aromatic rings. The van der Waals surface area contributed by atoms with Crippen molar-refractivity contribution in [2.45, 2.75) is 40.2 Å². The van der Waals surface area contributed by atoms with Crippen molar-refractivity contribution in [2.24, 2.45) is 0 Å². The van der Waals surface area contributed by atoms with E-state index in [0.29, 0.717) is 0 Å². The third kappa shape index (κ3) is 7.60. The first-order valence-electron chi connectivity index (χ1n) is 4.46. The van der Waals surface area contributed by atoms with Crippen LogP contribution in [0.25, 0.3) is 0 Å². The van der Waals surface area contributed by atoms with Gasteiger partial charge in [0, 0.05) is 6.04 Å². The molecule has 0 heterocycles. The maximum atomic E-state index is 3.00. The Bertz CT molecular complexity index is 69.3. The first-order valence-corrected chi connectivity index (χ1v) is 4.46. The van der Waals surface area contributed by atoms with Gasteiger partial charge in [0.2, 0.25) is 0 Å². The smallest absolute Gasteiger partial charge is 0.00384 e. The van der Waals surface area contributed by atoms with Gasteiger partial charge in [-0.05, 0) is 33.4 Å². The van der Waals surface area contributed by atoms with Gasteiger partial charge < -0.3 is 4.90 Å². The molecule has 0 atom stereocenters. The number of hydrogen-bond donors (Lipinski definition) is 0. The molecule has 0 fully saturated rings. The Morgan fingerprint density at radius 2 is 1.64 bits per heavy atom. The van der Waals surface area contributed by atoms with E-state index in [1.807, 2.05) is 0 Å². The van der Waals surface area contributed by atoms with E-state index in [1.165, 1.54) is 19.5 Å². The van der Waals surface area contributed by atoms with Gasteiger partial charge in [-0.2, -0.15) is 0 Å². The van der Waals surface area contributed by atoms with Crippen LogP contribution in [0.1, 0.15) is 34.1 Å². The van der Waals surface area contributed by atoms with Crippen LogP contribution in [-0.4, -0.2) is 24.0 Å². The van der Waals surface area contributed by atoms with E-state index in [-0.39, 0.29) is 0 Å². The van der Waals surface area contributed by atoms with Gasteiger partial charge >= 0.3 is 0 Å². The van der Waals surface area contributed by atoms with Gasteiger partial charge in [0.25, 0.3) is 0 Å². The molecule has 0 saturated carbocycles. The van der Waals surface area contributed by atoms with Gasteiger partial charge in [-0.15, -0.1) is 13.2 Å². The van der Waals surface area contributed by atoms with Gasteiger partial charge in [-0.25, -0.2) is 0 Å². The van der Waals surface area contributed by atoms with Crippen molar-refractivity contribution in [2.75, 3.05) is 13.1 Å². The minimum absolute atomic E-state index is 0.718. The first kappa shape index (κ1) is 13.3. The van der Waals surface area contributed by atoms with Crippen LogP contribution in [0, 0.1) is 0 Å². The molecule has 0 unspecified atom stereocenters. The molecule has 11 heavy (non-hydrogen) atoms. The summed E-state index contributed by atoms with van der Waals surface area (Å²) in [5.41, 5.74) is 0. The first-order chi connectivity index (χ1) is 5.22. The Labute approximate surface area is 72.1 Å². The topological polar surface area (TPSA) is 3.24 Å². The highest BCUT2D eigenvalue weighted by atomic mass is 15.1. The van der Waals surface area contributed by atoms with Crippen molar-refractivity contribution >= 4 is 0 Å². The molecule has 68 valence electrons. The van der Waals surface area contributed by atoms with E-state index < -0.39 is 0 Å². The fraction of sp³-hybridized carbons (Fsp3) is 0.800. The lowest BCUT2D eigenvalue weighted by Crippen LogP contribution is -2.31. The lowest BCUT2D eigenvalue weighted by molar-refractivity contribution is 0.234. The second-order valence-electron chi connectivity index (χ2n) is 2.72. The van der Waals surface area contributed by atoms with Crippen LogP contribution < -0.4 is 0 Å². The average molecular weight is 157 g/mol. The third-order valence-corrected chi connectivity index (χ3v) is 1.65. The molecule has 0 saturated heterocycles. The summed E-state index contributed by atoms with van der Waals surface area (Å²) in [7, 11) is 0. The quantitative estimate of drug-likeness (QED) is 0.567. The predicted octanol–water partition coefficient (Wildman–Crippen LogP) is 2.93. The van der Waals surface area contributed by atoms with Gasteiger partial charge in [0.05, 0.1) is 0 Å². The van der Waals surface area contributed by atoms with E-state index in [9.17, 15) is 0 Å². The standard InChI is InChI=1S/C8H19N.C2H4/c1-5-7-9(6-2)8(3)4;1-2/h8H,5-7H2,1-4H3;1-2H2. The fourth-order valence-electron chi connectivity index (χ4n) is 1.07. The Kier molecular flexibility index (Phi) is 11.7. The summed E-state index contributed by atoms with van der Waals surface area (Å²) < 4.78 is 0. The molecule has 1 heteroatoms. The zero-order chi connectivity index (χ0) is 9.28. The fourth-order valence-corrected chi connectivity index (χ4v) is 1.07. The number of rotatable bonds is 4. The second-order valence-corrected chi connectivity index (χ2v) is 2.72. The molecule has 1 nitrogen and oxygen atoms in total. The third-order valence-electron chi connectivity index (χ3n) is 1.65. The molecule has 0 aromatic heterocycles. The van der Waals surface area contributed by atoms with Crippen molar-refractivity contribution < 1.29 is 0 Å². The largest absolute Gasteiger partial charge is 0.301 e. The minimum atomic E-state index is 0.718. The summed E-state index contributed by atoms with van der Waals surface area (Å²) in [4.78, 5) is 2.47. The van der Waals surface area contributed by atoms with Crippen molar-refractivity contribution in [3.8, 4) is 0 Å². The second kappa shape index (κ2) is 9.70. The van der Waals surface area contributed by atoms with Crippen molar-refractivity contribution in [1.82, 2.24) is 4.90 Å². The molecule has 0 rings (SSSR count). The van der Waals surface area contributed by atoms with E-state index >= 15 is 0 Å². The number of nitrogens with zero attached hydrogens (tertiary/aromatic N) is 1. The summed E-state index contributed by atoms with van der Waals surface area (Å²) in [6, 6.07) is 0.718. The normalized spacial score (nSPS) is 9.64. The molecular weight excluding hydrogens is 134 g/mol. The molecule has 0 aromatic carbocycles. The molecule has 0 radical (unpaired) electrons. The van der Waals surface area contributed by atoms with Crippen molar-refractivity contribution in [1.29, 1.82) is 0 Å². The molecule has 0 amide bonds. The van der Waals surface area contributed by atoms with Crippen LogP contribution in [0.4, 0.5) is 0 Å². The van der Waals surface area contributed by atoms with Gasteiger partial charge in [-0.1, -0.05) is 13.8 Å². The Balaban J connectivity index is 0. The molecule has 0 aliphatic carbocycles. The Morgan fingerprint density at radius 3 is 1.73 bits per heavy atom. The van der Waals surface area contributed by atoms with E-state index in [4.69, 9.17) is 0 Å². The molecule has 0 aliphatic heterocycles. The van der Waals surface area contributed by atoms with Crippen molar-refractivity contribution in [3.63, 3.8) is 0 Å². The molecule has 0 spiro atoms. The zero-order valence-electron chi connectivity index (χ0n) is 8.56. The summed E-state index contributed by atoms with van der Waals surface area (Å²) in [5, 5.41) is 0. The van der Waals surface area contributed by atoms with Gasteiger partial charge in [0.1, 0.15) is 0 Å². The van der Waals surface area contributed by atoms with Gasteiger partial charge in [0.15, 0.2) is 0 Å². The average Bonchev–Trinajstić information content (AvgIpc) is 2.03. The maximum Gasteiger partial charge on any atom is 0.00384 e. The molecular formula is C10H23N. The summed E-state index contributed by atoms with van der Waals surface area (Å²) >= 11 is 0. The van der Waals surface area contributed by atoms with Crippen molar-refractivity contribution in [3.05, 3.63) is 13.2 Å². The maximum absolute atomic E-state index is 3.00. The highest BCUT2D eigenvalue weighted by Gasteiger charge is 2.02. The Morgan fingerprint density at radius 1 is 1.18 bits per heavy atom. The lowest BCUT2D eigenvalue weighted by Gasteiger charge is -2.23. The highest BCUT2D eigenvalue weighted by molar-refractivity contribution is 4.58. The highest BCUT2D eigenvalue weighted by Crippen LogP contribution is 1.97. The summed E-state index contributed by atoms with van der Waals surface area (Å²) in [5.74, 6) is 0. The molecule has 0 bridgehead atoms. The van der Waals surface area contributed by atoms with Crippen LogP contribution in [-0.2, 0) is 0 Å².